The summed E-state index contributed by atoms with van der Waals surface area (Å²) in [5, 5.41) is 9.05. The molecule has 3 unspecified atom stereocenters. The van der Waals surface area contributed by atoms with Crippen LogP contribution in [0.15, 0.2) is 60.7 Å². The third-order valence-electron chi connectivity index (χ3n) is 4.12. The van der Waals surface area contributed by atoms with Crippen molar-refractivity contribution in [3.05, 3.63) is 71.8 Å². The van der Waals surface area contributed by atoms with Gasteiger partial charge in [-0.25, -0.2) is 0 Å². The average molecular weight is 280 g/mol. The molecule has 0 aromatic heterocycles. The Hall–Kier alpha value is -2.42. The summed E-state index contributed by atoms with van der Waals surface area (Å²) in [5.41, 5.74) is 1.72. The van der Waals surface area contributed by atoms with Crippen molar-refractivity contribution in [2.45, 2.75) is 12.3 Å². The standard InChI is InChI=1S/C18H16O3/c19-15(20)11-14-16(12-7-3-1-4-8-12)17(14)18(21)13-9-5-2-6-10-13/h1-10,14,16-17H,11H2,(H,19,20). The van der Waals surface area contributed by atoms with Crippen molar-refractivity contribution in [2.75, 3.05) is 0 Å². The maximum absolute atomic E-state index is 12.6. The van der Waals surface area contributed by atoms with Gasteiger partial charge in [0.2, 0.25) is 0 Å². The number of benzene rings is 2. The van der Waals surface area contributed by atoms with Crippen molar-refractivity contribution in [1.29, 1.82) is 0 Å². The van der Waals surface area contributed by atoms with Crippen LogP contribution in [0.25, 0.3) is 0 Å². The van der Waals surface area contributed by atoms with Gasteiger partial charge >= 0.3 is 5.97 Å². The minimum atomic E-state index is -0.843. The number of carbonyl (C=O) groups excluding carboxylic acids is 1. The molecule has 1 aliphatic carbocycles. The van der Waals surface area contributed by atoms with Gasteiger partial charge in [0.05, 0.1) is 0 Å². The number of carboxylic acid groups (broad SMARTS) is 1. The van der Waals surface area contributed by atoms with Crippen molar-refractivity contribution in [3.63, 3.8) is 0 Å². The van der Waals surface area contributed by atoms with Crippen LogP contribution in [-0.2, 0) is 4.79 Å². The van der Waals surface area contributed by atoms with Crippen LogP contribution in [0.2, 0.25) is 0 Å². The second kappa shape index (κ2) is 5.52. The minimum Gasteiger partial charge on any atom is -0.481 e. The molecule has 106 valence electrons. The van der Waals surface area contributed by atoms with E-state index < -0.39 is 5.97 Å². The highest BCUT2D eigenvalue weighted by Crippen LogP contribution is 2.57. The van der Waals surface area contributed by atoms with Gasteiger partial charge in [0, 0.05) is 17.9 Å². The van der Waals surface area contributed by atoms with Crippen molar-refractivity contribution < 1.29 is 14.7 Å². The molecular weight excluding hydrogens is 264 g/mol. The number of carbonyl (C=O) groups is 2. The normalized spacial score (nSPS) is 23.5. The van der Waals surface area contributed by atoms with E-state index in [0.29, 0.717) is 5.56 Å². The molecule has 1 saturated carbocycles. The molecule has 1 N–H and O–H groups in total. The number of carboxylic acids is 1. The smallest absolute Gasteiger partial charge is 0.303 e. The zero-order chi connectivity index (χ0) is 14.8. The first-order valence-electron chi connectivity index (χ1n) is 7.04. The molecule has 0 saturated heterocycles. The number of ketones is 1. The Morgan fingerprint density at radius 2 is 1.48 bits per heavy atom. The molecule has 0 radical (unpaired) electrons. The molecule has 3 atom stereocenters. The fraction of sp³-hybridized carbons (Fsp3) is 0.222. The monoisotopic (exact) mass is 280 g/mol. The maximum atomic E-state index is 12.6. The van der Waals surface area contributed by atoms with E-state index >= 15 is 0 Å². The van der Waals surface area contributed by atoms with Crippen LogP contribution in [0.3, 0.4) is 0 Å². The lowest BCUT2D eigenvalue weighted by molar-refractivity contribution is -0.137. The second-order valence-electron chi connectivity index (χ2n) is 5.45. The van der Waals surface area contributed by atoms with Gasteiger partial charge in [-0.2, -0.15) is 0 Å². The summed E-state index contributed by atoms with van der Waals surface area (Å²) in [6.45, 7) is 0. The highest BCUT2D eigenvalue weighted by Gasteiger charge is 2.55. The molecule has 0 amide bonds. The van der Waals surface area contributed by atoms with E-state index in [1.165, 1.54) is 0 Å². The molecule has 0 spiro atoms. The molecule has 21 heavy (non-hydrogen) atoms. The van der Waals surface area contributed by atoms with Crippen LogP contribution >= 0.6 is 0 Å². The number of hydrogen-bond acceptors (Lipinski definition) is 2. The van der Waals surface area contributed by atoms with Gasteiger partial charge in [0.1, 0.15) is 0 Å². The first-order valence-corrected chi connectivity index (χ1v) is 7.04. The fourth-order valence-electron chi connectivity index (χ4n) is 3.11. The molecule has 3 nitrogen and oxygen atoms in total. The minimum absolute atomic E-state index is 0.0232. The highest BCUT2D eigenvalue weighted by molar-refractivity contribution is 6.01. The summed E-state index contributed by atoms with van der Waals surface area (Å²) in [6, 6.07) is 18.8. The molecule has 1 aliphatic rings. The Morgan fingerprint density at radius 3 is 2.05 bits per heavy atom. The van der Waals surface area contributed by atoms with Crippen LogP contribution in [-0.4, -0.2) is 16.9 Å². The zero-order valence-corrected chi connectivity index (χ0v) is 11.5. The molecule has 2 aromatic carbocycles. The Morgan fingerprint density at radius 1 is 0.905 bits per heavy atom. The molecule has 1 fully saturated rings. The van der Waals surface area contributed by atoms with E-state index in [1.54, 1.807) is 12.1 Å². The summed E-state index contributed by atoms with van der Waals surface area (Å²) < 4.78 is 0. The Balaban J connectivity index is 1.86. The van der Waals surface area contributed by atoms with E-state index in [4.69, 9.17) is 5.11 Å². The third kappa shape index (κ3) is 2.72. The maximum Gasteiger partial charge on any atom is 0.303 e. The lowest BCUT2D eigenvalue weighted by atomic mass is 10.0. The van der Waals surface area contributed by atoms with Crippen molar-refractivity contribution in [1.82, 2.24) is 0 Å². The van der Waals surface area contributed by atoms with Gasteiger partial charge in [-0.1, -0.05) is 60.7 Å². The van der Waals surface area contributed by atoms with Crippen LogP contribution in [0, 0.1) is 11.8 Å². The largest absolute Gasteiger partial charge is 0.481 e. The van der Waals surface area contributed by atoms with Crippen LogP contribution < -0.4 is 0 Å². The molecule has 3 rings (SSSR count). The molecule has 0 heterocycles. The van der Waals surface area contributed by atoms with Gasteiger partial charge in [0.25, 0.3) is 0 Å². The summed E-state index contributed by atoms with van der Waals surface area (Å²) in [7, 11) is 0. The molecule has 0 aliphatic heterocycles. The Kier molecular flexibility index (Phi) is 3.57. The third-order valence-corrected chi connectivity index (χ3v) is 4.12. The van der Waals surface area contributed by atoms with Crippen molar-refractivity contribution in [3.8, 4) is 0 Å². The number of hydrogen-bond donors (Lipinski definition) is 1. The van der Waals surface area contributed by atoms with Gasteiger partial charge in [-0.15, -0.1) is 0 Å². The fourth-order valence-corrected chi connectivity index (χ4v) is 3.11. The van der Waals surface area contributed by atoms with Crippen LogP contribution in [0.1, 0.15) is 28.3 Å². The quantitative estimate of drug-likeness (QED) is 0.854. The topological polar surface area (TPSA) is 54.4 Å². The number of Topliss-reactive ketones (excluding diaryl/α,β-unsaturated/α-hetero) is 1. The number of rotatable bonds is 5. The predicted molar refractivity (Wildman–Crippen MR) is 79.2 cm³/mol. The van der Waals surface area contributed by atoms with E-state index in [-0.39, 0.29) is 30.0 Å². The highest BCUT2D eigenvalue weighted by atomic mass is 16.4. The Bertz CT molecular complexity index is 649. The second-order valence-corrected chi connectivity index (χ2v) is 5.45. The SMILES string of the molecule is O=C(O)CC1C(C(=O)c2ccccc2)C1c1ccccc1. The summed E-state index contributed by atoms with van der Waals surface area (Å²) in [5.74, 6) is -1.08. The van der Waals surface area contributed by atoms with Crippen LogP contribution in [0.5, 0.6) is 0 Å². The van der Waals surface area contributed by atoms with Crippen molar-refractivity contribution >= 4 is 11.8 Å². The number of aliphatic carboxylic acids is 1. The van der Waals surface area contributed by atoms with Gasteiger partial charge in [-0.3, -0.25) is 9.59 Å². The first-order chi connectivity index (χ1) is 10.2. The Labute approximate surface area is 123 Å². The first kappa shape index (κ1) is 13.6. The van der Waals surface area contributed by atoms with E-state index in [2.05, 4.69) is 0 Å². The summed E-state index contributed by atoms with van der Waals surface area (Å²) >= 11 is 0. The molecule has 0 bridgehead atoms. The van der Waals surface area contributed by atoms with Gasteiger partial charge in [0.15, 0.2) is 5.78 Å². The van der Waals surface area contributed by atoms with E-state index in [1.807, 2.05) is 48.5 Å². The average Bonchev–Trinajstić information content (AvgIpc) is 3.21. The predicted octanol–water partition coefficient (Wildman–Crippen LogP) is 3.37. The lowest BCUT2D eigenvalue weighted by Crippen LogP contribution is -2.05. The lowest BCUT2D eigenvalue weighted by Gasteiger charge is -2.00. The summed E-state index contributed by atoms with van der Waals surface area (Å²) in [6.07, 6.45) is 0.0444. The molecular formula is C18H16O3. The molecule has 2 aromatic rings. The van der Waals surface area contributed by atoms with Crippen molar-refractivity contribution in [2.24, 2.45) is 11.8 Å². The van der Waals surface area contributed by atoms with Crippen LogP contribution in [0.4, 0.5) is 0 Å². The van der Waals surface area contributed by atoms with E-state index in [0.717, 1.165) is 5.56 Å². The molecule has 3 heteroatoms. The van der Waals surface area contributed by atoms with Gasteiger partial charge < -0.3 is 5.11 Å². The summed E-state index contributed by atoms with van der Waals surface area (Å²) in [4.78, 5) is 23.6. The van der Waals surface area contributed by atoms with Gasteiger partial charge in [-0.05, 0) is 17.4 Å². The van der Waals surface area contributed by atoms with E-state index in [9.17, 15) is 9.59 Å². The zero-order valence-electron chi connectivity index (χ0n) is 11.5.